The molecular formula is C24H17FN4O3S2. The number of nitrogens with zero attached hydrogens (tertiary/aromatic N) is 2. The Morgan fingerprint density at radius 2 is 1.91 bits per heavy atom. The molecule has 2 aromatic carbocycles. The summed E-state index contributed by atoms with van der Waals surface area (Å²) in [4.78, 5) is 23.8. The highest BCUT2D eigenvalue weighted by Crippen LogP contribution is 2.29. The molecule has 0 saturated carbocycles. The van der Waals surface area contributed by atoms with Gasteiger partial charge in [0, 0.05) is 40.8 Å². The van der Waals surface area contributed by atoms with Crippen LogP contribution in [0.1, 0.15) is 16.1 Å². The van der Waals surface area contributed by atoms with E-state index < -0.39 is 15.7 Å². The second-order valence-electron chi connectivity index (χ2n) is 7.48. The molecule has 0 spiro atoms. The zero-order valence-electron chi connectivity index (χ0n) is 17.5. The van der Waals surface area contributed by atoms with E-state index in [1.165, 1.54) is 29.6 Å². The van der Waals surface area contributed by atoms with Gasteiger partial charge < -0.3 is 10.3 Å². The minimum Gasteiger partial charge on any atom is -0.350 e. The minimum atomic E-state index is -3.83. The van der Waals surface area contributed by atoms with Gasteiger partial charge in [0.05, 0.1) is 4.90 Å². The molecule has 0 aliphatic carbocycles. The summed E-state index contributed by atoms with van der Waals surface area (Å²) >= 11 is 1.14. The number of sulfone groups is 1. The lowest BCUT2D eigenvalue weighted by Crippen LogP contribution is -2.23. The zero-order valence-corrected chi connectivity index (χ0v) is 19.2. The first-order valence-corrected chi connectivity index (χ1v) is 12.5. The molecule has 0 fully saturated rings. The summed E-state index contributed by atoms with van der Waals surface area (Å²) in [7, 11) is -3.83. The number of thiazole rings is 1. The fourth-order valence-corrected chi connectivity index (χ4v) is 5.75. The molecule has 2 N–H and O–H groups in total. The van der Waals surface area contributed by atoms with Crippen molar-refractivity contribution in [2.24, 2.45) is 0 Å². The van der Waals surface area contributed by atoms with Gasteiger partial charge in [-0.05, 0) is 42.0 Å². The smallest absolute Gasteiger partial charge is 0.267 e. The standard InChI is InChI=1S/C24H17FN4O3S2/c25-18-3-1-2-16(10-18)24-29-22(14-33-24)34(31,32)19-6-4-15(5-7-19)12-27-23(30)21-11-17-13-26-9-8-20(17)28-21/h1-11,13-14,28H,12H2,(H,27,30). The highest BCUT2D eigenvalue weighted by Gasteiger charge is 2.22. The second-order valence-corrected chi connectivity index (χ2v) is 10.2. The Bertz CT molecular complexity index is 1580. The molecule has 0 unspecified atom stereocenters. The molecule has 0 atom stereocenters. The molecule has 7 nitrogen and oxygen atoms in total. The van der Waals surface area contributed by atoms with Gasteiger partial charge in [-0.15, -0.1) is 11.3 Å². The number of nitrogens with one attached hydrogen (secondary N) is 2. The van der Waals surface area contributed by atoms with Crippen LogP contribution < -0.4 is 5.32 Å². The number of hydrogen-bond acceptors (Lipinski definition) is 6. The Kier molecular flexibility index (Phi) is 5.68. The van der Waals surface area contributed by atoms with Crippen molar-refractivity contribution in [2.75, 3.05) is 0 Å². The average molecular weight is 493 g/mol. The third kappa shape index (κ3) is 4.33. The van der Waals surface area contributed by atoms with Crippen molar-refractivity contribution in [3.63, 3.8) is 0 Å². The first-order valence-electron chi connectivity index (χ1n) is 10.2. The number of carbonyl (C=O) groups excluding carboxylic acids is 1. The molecule has 0 aliphatic heterocycles. The van der Waals surface area contributed by atoms with Gasteiger partial charge in [-0.25, -0.2) is 17.8 Å². The number of amides is 1. The van der Waals surface area contributed by atoms with E-state index in [0.717, 1.165) is 27.8 Å². The van der Waals surface area contributed by atoms with Crippen molar-refractivity contribution < 1.29 is 17.6 Å². The van der Waals surface area contributed by atoms with Gasteiger partial charge in [0.2, 0.25) is 9.84 Å². The van der Waals surface area contributed by atoms with Crippen LogP contribution in [0.25, 0.3) is 21.5 Å². The summed E-state index contributed by atoms with van der Waals surface area (Å²) in [5, 5.41) is 5.42. The quantitative estimate of drug-likeness (QED) is 0.361. The molecule has 10 heteroatoms. The minimum absolute atomic E-state index is 0.0850. The van der Waals surface area contributed by atoms with Crippen LogP contribution in [0, 0.1) is 5.82 Å². The van der Waals surface area contributed by atoms with E-state index >= 15 is 0 Å². The topological polar surface area (TPSA) is 105 Å². The fourth-order valence-electron chi connectivity index (χ4n) is 3.42. The molecule has 34 heavy (non-hydrogen) atoms. The Morgan fingerprint density at radius 3 is 2.68 bits per heavy atom. The number of rotatable bonds is 6. The van der Waals surface area contributed by atoms with E-state index in [9.17, 15) is 17.6 Å². The highest BCUT2D eigenvalue weighted by atomic mass is 32.2. The number of benzene rings is 2. The van der Waals surface area contributed by atoms with Gasteiger partial charge in [-0.2, -0.15) is 0 Å². The number of H-pyrrole nitrogens is 1. The molecule has 3 heterocycles. The molecule has 0 aliphatic rings. The van der Waals surface area contributed by atoms with Crippen LogP contribution in [0.2, 0.25) is 0 Å². The summed E-state index contributed by atoms with van der Waals surface area (Å²) in [6.45, 7) is 0.229. The lowest BCUT2D eigenvalue weighted by atomic mass is 10.2. The lowest BCUT2D eigenvalue weighted by molar-refractivity contribution is 0.0946. The molecule has 0 radical (unpaired) electrons. The van der Waals surface area contributed by atoms with Crippen LogP contribution in [0.3, 0.4) is 0 Å². The third-order valence-electron chi connectivity index (χ3n) is 5.18. The summed E-state index contributed by atoms with van der Waals surface area (Å²) in [5.41, 5.74) is 2.49. The summed E-state index contributed by atoms with van der Waals surface area (Å²) in [6.07, 6.45) is 3.31. The van der Waals surface area contributed by atoms with Gasteiger partial charge in [0.25, 0.3) is 5.91 Å². The number of halogens is 1. The van der Waals surface area contributed by atoms with Crippen LogP contribution in [-0.2, 0) is 16.4 Å². The zero-order chi connectivity index (χ0) is 23.7. The number of aromatic amines is 1. The number of fused-ring (bicyclic) bond motifs is 1. The predicted octanol–water partition coefficient (Wildman–Crippen LogP) is 4.59. The van der Waals surface area contributed by atoms with Crippen LogP contribution in [-0.4, -0.2) is 29.3 Å². The molecule has 1 amide bonds. The summed E-state index contributed by atoms with van der Waals surface area (Å²) in [6, 6.07) is 15.6. The van der Waals surface area contributed by atoms with Crippen molar-refractivity contribution in [1.82, 2.24) is 20.3 Å². The fraction of sp³-hybridized carbons (Fsp3) is 0.0417. The third-order valence-corrected chi connectivity index (χ3v) is 7.88. The van der Waals surface area contributed by atoms with Crippen molar-refractivity contribution in [1.29, 1.82) is 0 Å². The number of pyridine rings is 1. The SMILES string of the molecule is O=C(NCc1ccc(S(=O)(=O)c2csc(-c3cccc(F)c3)n2)cc1)c1cc2cnccc2[nH]1. The predicted molar refractivity (Wildman–Crippen MR) is 127 cm³/mol. The van der Waals surface area contributed by atoms with Crippen LogP contribution in [0.15, 0.2) is 88.4 Å². The van der Waals surface area contributed by atoms with Crippen molar-refractivity contribution >= 4 is 38.0 Å². The van der Waals surface area contributed by atoms with Crippen molar-refractivity contribution in [3.8, 4) is 10.6 Å². The maximum atomic E-state index is 13.5. The Balaban J connectivity index is 1.28. The van der Waals surface area contributed by atoms with Crippen molar-refractivity contribution in [2.45, 2.75) is 16.5 Å². The first kappa shape index (κ1) is 21.9. The number of aromatic nitrogens is 3. The van der Waals surface area contributed by atoms with Crippen LogP contribution in [0.4, 0.5) is 4.39 Å². The van der Waals surface area contributed by atoms with E-state index in [1.54, 1.807) is 48.8 Å². The van der Waals surface area contributed by atoms with E-state index in [2.05, 4.69) is 20.3 Å². The monoisotopic (exact) mass is 492 g/mol. The number of carbonyl (C=O) groups is 1. The van der Waals surface area contributed by atoms with E-state index in [4.69, 9.17) is 0 Å². The van der Waals surface area contributed by atoms with Gasteiger partial charge in [-0.1, -0.05) is 24.3 Å². The van der Waals surface area contributed by atoms with Gasteiger partial charge in [-0.3, -0.25) is 9.78 Å². The first-order chi connectivity index (χ1) is 16.4. The molecule has 0 bridgehead atoms. The lowest BCUT2D eigenvalue weighted by Gasteiger charge is -2.06. The van der Waals surface area contributed by atoms with E-state index in [1.807, 2.05) is 0 Å². The molecule has 3 aromatic heterocycles. The Labute approximate surface area is 198 Å². The second kappa shape index (κ2) is 8.81. The van der Waals surface area contributed by atoms with Gasteiger partial charge in [0.1, 0.15) is 16.5 Å². The van der Waals surface area contributed by atoms with Crippen LogP contribution in [0.5, 0.6) is 0 Å². The maximum Gasteiger partial charge on any atom is 0.267 e. The van der Waals surface area contributed by atoms with E-state index in [-0.39, 0.29) is 22.4 Å². The summed E-state index contributed by atoms with van der Waals surface area (Å²) in [5.74, 6) is -0.693. The molecular weight excluding hydrogens is 475 g/mol. The number of hydrogen-bond donors (Lipinski definition) is 2. The molecule has 170 valence electrons. The van der Waals surface area contributed by atoms with Crippen molar-refractivity contribution in [3.05, 3.63) is 95.5 Å². The Hall–Kier alpha value is -3.89. The van der Waals surface area contributed by atoms with E-state index in [0.29, 0.717) is 16.3 Å². The molecule has 5 rings (SSSR count). The molecule has 0 saturated heterocycles. The molecule has 5 aromatic rings. The largest absolute Gasteiger partial charge is 0.350 e. The van der Waals surface area contributed by atoms with Gasteiger partial charge >= 0.3 is 0 Å². The highest BCUT2D eigenvalue weighted by molar-refractivity contribution is 7.91. The normalized spacial score (nSPS) is 11.6. The maximum absolute atomic E-state index is 13.5. The Morgan fingerprint density at radius 1 is 1.09 bits per heavy atom. The summed E-state index contributed by atoms with van der Waals surface area (Å²) < 4.78 is 39.5. The van der Waals surface area contributed by atoms with Gasteiger partial charge in [0.15, 0.2) is 5.03 Å². The van der Waals surface area contributed by atoms with Crippen LogP contribution >= 0.6 is 11.3 Å². The average Bonchev–Trinajstić information content (AvgIpc) is 3.51.